The van der Waals surface area contributed by atoms with Gasteiger partial charge in [0.05, 0.1) is 6.10 Å². The Kier molecular flexibility index (Phi) is 4.80. The molecule has 0 aromatic carbocycles. The lowest BCUT2D eigenvalue weighted by molar-refractivity contribution is -0.134. The van der Waals surface area contributed by atoms with Crippen molar-refractivity contribution in [3.8, 4) is 0 Å². The molecule has 1 amide bonds. The number of ether oxygens (including phenoxy) is 1. The summed E-state index contributed by atoms with van der Waals surface area (Å²) in [5, 5.41) is 9.53. The Bertz CT molecular complexity index is 251. The highest BCUT2D eigenvalue weighted by Crippen LogP contribution is 2.20. The number of nitrogens with zero attached hydrogens (tertiary/aromatic N) is 1. The van der Waals surface area contributed by atoms with E-state index in [4.69, 9.17) is 4.74 Å². The van der Waals surface area contributed by atoms with Gasteiger partial charge in [0, 0.05) is 32.7 Å². The molecule has 17 heavy (non-hydrogen) atoms. The molecule has 0 aliphatic carbocycles. The van der Waals surface area contributed by atoms with Crippen LogP contribution < -0.4 is 0 Å². The molecule has 4 heteroatoms. The van der Waals surface area contributed by atoms with E-state index in [1.54, 1.807) is 0 Å². The monoisotopic (exact) mass is 241 g/mol. The summed E-state index contributed by atoms with van der Waals surface area (Å²) in [7, 11) is 0. The fourth-order valence-electron chi connectivity index (χ4n) is 2.70. The predicted molar refractivity (Wildman–Crippen MR) is 64.6 cm³/mol. The minimum absolute atomic E-state index is 0.203. The Morgan fingerprint density at radius 2 is 2.24 bits per heavy atom. The third-order valence-corrected chi connectivity index (χ3v) is 3.77. The van der Waals surface area contributed by atoms with Gasteiger partial charge < -0.3 is 14.7 Å². The van der Waals surface area contributed by atoms with Crippen LogP contribution in [0.15, 0.2) is 0 Å². The number of amides is 1. The molecule has 1 N–H and O–H groups in total. The first kappa shape index (κ1) is 12.8. The molecular formula is C13H23NO3. The number of likely N-dealkylation sites (tertiary alicyclic amines) is 1. The number of piperidine rings is 1. The lowest BCUT2D eigenvalue weighted by atomic mass is 9.96. The van der Waals surface area contributed by atoms with Gasteiger partial charge in [-0.3, -0.25) is 4.79 Å². The van der Waals surface area contributed by atoms with Crippen LogP contribution in [0.2, 0.25) is 0 Å². The van der Waals surface area contributed by atoms with Gasteiger partial charge in [0.2, 0.25) is 5.91 Å². The summed E-state index contributed by atoms with van der Waals surface area (Å²) in [6.45, 7) is 3.04. The highest BCUT2D eigenvalue weighted by atomic mass is 16.5. The summed E-state index contributed by atoms with van der Waals surface area (Å²) in [6.07, 6.45) is 5.31. The van der Waals surface area contributed by atoms with Gasteiger partial charge in [0.15, 0.2) is 0 Å². The van der Waals surface area contributed by atoms with E-state index in [-0.39, 0.29) is 12.0 Å². The number of hydrogen-bond acceptors (Lipinski definition) is 3. The maximum absolute atomic E-state index is 12.0. The van der Waals surface area contributed by atoms with Crippen molar-refractivity contribution in [1.82, 2.24) is 4.90 Å². The average molecular weight is 241 g/mol. The smallest absolute Gasteiger partial charge is 0.222 e. The van der Waals surface area contributed by atoms with Gasteiger partial charge in [-0.05, 0) is 38.0 Å². The fourth-order valence-corrected chi connectivity index (χ4v) is 2.70. The molecule has 2 aliphatic rings. The number of aliphatic hydroxyl groups is 1. The molecule has 4 nitrogen and oxygen atoms in total. The first-order valence-corrected chi connectivity index (χ1v) is 6.79. The summed E-state index contributed by atoms with van der Waals surface area (Å²) in [4.78, 5) is 13.8. The molecule has 0 saturated carbocycles. The molecule has 2 aliphatic heterocycles. The second-order valence-electron chi connectivity index (χ2n) is 5.26. The molecule has 2 unspecified atom stereocenters. The van der Waals surface area contributed by atoms with Crippen LogP contribution in [-0.2, 0) is 9.53 Å². The summed E-state index contributed by atoms with van der Waals surface area (Å²) in [5.41, 5.74) is 0. The van der Waals surface area contributed by atoms with Gasteiger partial charge in [-0.25, -0.2) is 0 Å². The maximum atomic E-state index is 12.0. The van der Waals surface area contributed by atoms with Crippen molar-refractivity contribution in [3.63, 3.8) is 0 Å². The fraction of sp³-hybridized carbons (Fsp3) is 0.923. The summed E-state index contributed by atoms with van der Waals surface area (Å²) in [6, 6.07) is 0. The topological polar surface area (TPSA) is 49.8 Å². The van der Waals surface area contributed by atoms with Crippen molar-refractivity contribution in [1.29, 1.82) is 0 Å². The van der Waals surface area contributed by atoms with Crippen molar-refractivity contribution in [2.45, 2.75) is 44.6 Å². The largest absolute Gasteiger partial charge is 0.391 e. The number of carbonyl (C=O) groups excluding carboxylic acids is 1. The SMILES string of the molecule is O=C(CCC1CCCOC1)N1CCCC(O)C1. The zero-order chi connectivity index (χ0) is 12.1. The third kappa shape index (κ3) is 3.96. The van der Waals surface area contributed by atoms with Gasteiger partial charge in [-0.2, -0.15) is 0 Å². The molecule has 2 atom stereocenters. The standard InChI is InChI=1S/C13H23NO3/c15-12-4-1-7-14(9-12)13(16)6-5-11-3-2-8-17-10-11/h11-12,15H,1-10H2. The molecule has 2 heterocycles. The first-order chi connectivity index (χ1) is 8.25. The number of carbonyl (C=O) groups is 1. The Morgan fingerprint density at radius 1 is 1.35 bits per heavy atom. The second-order valence-corrected chi connectivity index (χ2v) is 5.26. The van der Waals surface area contributed by atoms with E-state index in [1.165, 1.54) is 6.42 Å². The molecule has 2 saturated heterocycles. The van der Waals surface area contributed by atoms with E-state index in [1.807, 2.05) is 4.90 Å². The zero-order valence-corrected chi connectivity index (χ0v) is 10.4. The number of rotatable bonds is 3. The van der Waals surface area contributed by atoms with E-state index < -0.39 is 0 Å². The summed E-state index contributed by atoms with van der Waals surface area (Å²) >= 11 is 0. The molecule has 0 spiro atoms. The predicted octanol–water partition coefficient (Wildman–Crippen LogP) is 1.18. The summed E-state index contributed by atoms with van der Waals surface area (Å²) in [5.74, 6) is 0.761. The Balaban J connectivity index is 1.69. The van der Waals surface area contributed by atoms with Crippen molar-refractivity contribution in [2.75, 3.05) is 26.3 Å². The Hall–Kier alpha value is -0.610. The highest BCUT2D eigenvalue weighted by molar-refractivity contribution is 5.76. The lowest BCUT2D eigenvalue weighted by Crippen LogP contribution is -2.42. The molecular weight excluding hydrogens is 218 g/mol. The number of β-amino-alcohol motifs (C(OH)–C–C–N with tert-alkyl or cyclic N) is 1. The lowest BCUT2D eigenvalue weighted by Gasteiger charge is -2.31. The Morgan fingerprint density at radius 3 is 2.94 bits per heavy atom. The molecule has 0 aromatic rings. The molecule has 0 aromatic heterocycles. The van der Waals surface area contributed by atoms with Crippen LogP contribution >= 0.6 is 0 Å². The Labute approximate surface area is 103 Å². The quantitative estimate of drug-likeness (QED) is 0.807. The number of hydrogen-bond donors (Lipinski definition) is 1. The maximum Gasteiger partial charge on any atom is 0.222 e. The van der Waals surface area contributed by atoms with Gasteiger partial charge in [0.1, 0.15) is 0 Å². The zero-order valence-electron chi connectivity index (χ0n) is 10.4. The van der Waals surface area contributed by atoms with E-state index in [9.17, 15) is 9.90 Å². The molecule has 0 radical (unpaired) electrons. The number of aliphatic hydroxyl groups excluding tert-OH is 1. The van der Waals surface area contributed by atoms with Crippen molar-refractivity contribution in [3.05, 3.63) is 0 Å². The van der Waals surface area contributed by atoms with E-state index in [0.29, 0.717) is 18.9 Å². The van der Waals surface area contributed by atoms with Crippen molar-refractivity contribution >= 4 is 5.91 Å². The van der Waals surface area contributed by atoms with Gasteiger partial charge >= 0.3 is 0 Å². The molecule has 2 rings (SSSR count). The van der Waals surface area contributed by atoms with E-state index in [2.05, 4.69) is 0 Å². The van der Waals surface area contributed by atoms with E-state index >= 15 is 0 Å². The van der Waals surface area contributed by atoms with Crippen LogP contribution in [-0.4, -0.2) is 48.3 Å². The van der Waals surface area contributed by atoms with Gasteiger partial charge in [0.25, 0.3) is 0 Å². The molecule has 98 valence electrons. The van der Waals surface area contributed by atoms with Crippen LogP contribution in [0.1, 0.15) is 38.5 Å². The van der Waals surface area contributed by atoms with Gasteiger partial charge in [-0.15, -0.1) is 0 Å². The van der Waals surface area contributed by atoms with Crippen LogP contribution in [0.4, 0.5) is 0 Å². The normalized spacial score (nSPS) is 30.3. The second kappa shape index (κ2) is 6.36. The van der Waals surface area contributed by atoms with Crippen molar-refractivity contribution in [2.24, 2.45) is 5.92 Å². The minimum atomic E-state index is -0.314. The highest BCUT2D eigenvalue weighted by Gasteiger charge is 2.23. The summed E-state index contributed by atoms with van der Waals surface area (Å²) < 4.78 is 5.41. The molecule has 0 bridgehead atoms. The van der Waals surface area contributed by atoms with Crippen molar-refractivity contribution < 1.29 is 14.6 Å². The van der Waals surface area contributed by atoms with E-state index in [0.717, 1.165) is 45.4 Å². The van der Waals surface area contributed by atoms with Gasteiger partial charge in [-0.1, -0.05) is 0 Å². The van der Waals surface area contributed by atoms with Crippen LogP contribution in [0, 0.1) is 5.92 Å². The third-order valence-electron chi connectivity index (χ3n) is 3.77. The van der Waals surface area contributed by atoms with Crippen LogP contribution in [0.25, 0.3) is 0 Å². The minimum Gasteiger partial charge on any atom is -0.391 e. The first-order valence-electron chi connectivity index (χ1n) is 6.79. The molecule has 2 fully saturated rings. The van der Waals surface area contributed by atoms with Crippen LogP contribution in [0.3, 0.4) is 0 Å². The van der Waals surface area contributed by atoms with Crippen LogP contribution in [0.5, 0.6) is 0 Å². The average Bonchev–Trinajstić information content (AvgIpc) is 2.37.